The summed E-state index contributed by atoms with van der Waals surface area (Å²) in [5.41, 5.74) is 1.51. The molecule has 18 heavy (non-hydrogen) atoms. The zero-order valence-corrected chi connectivity index (χ0v) is 11.9. The van der Waals surface area contributed by atoms with Gasteiger partial charge in [0.05, 0.1) is 23.7 Å². The van der Waals surface area contributed by atoms with Gasteiger partial charge in [0.25, 0.3) is 0 Å². The standard InChI is InChI=1S/C12H10BrNO3S/c1-17-10-3-2-7(4-9(10)13)12-14-8(6-18-12)5-11(15)16/h2-4,6H,5H2,1H3,(H,15,16). The normalized spacial score (nSPS) is 10.3. The lowest BCUT2D eigenvalue weighted by molar-refractivity contribution is -0.136. The third kappa shape index (κ3) is 2.88. The minimum Gasteiger partial charge on any atom is -0.496 e. The highest BCUT2D eigenvalue weighted by molar-refractivity contribution is 9.10. The predicted octanol–water partition coefficient (Wildman–Crippen LogP) is 3.21. The molecule has 0 spiro atoms. The molecular formula is C12H10BrNO3S. The number of ether oxygens (including phenoxy) is 1. The Labute approximate surface area is 116 Å². The molecule has 1 heterocycles. The number of nitrogens with zero attached hydrogens (tertiary/aromatic N) is 1. The summed E-state index contributed by atoms with van der Waals surface area (Å²) in [6, 6.07) is 5.65. The van der Waals surface area contributed by atoms with E-state index in [1.54, 1.807) is 12.5 Å². The van der Waals surface area contributed by atoms with Gasteiger partial charge in [-0.25, -0.2) is 4.98 Å². The number of hydrogen-bond acceptors (Lipinski definition) is 4. The fraction of sp³-hybridized carbons (Fsp3) is 0.167. The summed E-state index contributed by atoms with van der Waals surface area (Å²) in [6.45, 7) is 0. The molecule has 0 bridgehead atoms. The van der Waals surface area contributed by atoms with Crippen LogP contribution in [0.4, 0.5) is 0 Å². The third-order valence-electron chi connectivity index (χ3n) is 2.28. The van der Waals surface area contributed by atoms with E-state index in [1.807, 2.05) is 18.2 Å². The molecule has 0 amide bonds. The second kappa shape index (κ2) is 5.49. The monoisotopic (exact) mass is 327 g/mol. The van der Waals surface area contributed by atoms with E-state index in [0.29, 0.717) is 5.69 Å². The number of thiazole rings is 1. The van der Waals surface area contributed by atoms with Crippen LogP contribution in [0.25, 0.3) is 10.6 Å². The number of carbonyl (C=O) groups is 1. The minimum absolute atomic E-state index is 0.0478. The Hall–Kier alpha value is -1.40. The van der Waals surface area contributed by atoms with Gasteiger partial charge in [-0.2, -0.15) is 0 Å². The molecule has 0 atom stereocenters. The van der Waals surface area contributed by atoms with E-state index in [-0.39, 0.29) is 6.42 Å². The Kier molecular flexibility index (Phi) is 3.98. The van der Waals surface area contributed by atoms with Crippen molar-refractivity contribution in [2.45, 2.75) is 6.42 Å². The zero-order valence-electron chi connectivity index (χ0n) is 9.51. The first kappa shape index (κ1) is 13.0. The number of rotatable bonds is 4. The van der Waals surface area contributed by atoms with Crippen LogP contribution in [-0.4, -0.2) is 23.2 Å². The summed E-state index contributed by atoms with van der Waals surface area (Å²) >= 11 is 4.84. The highest BCUT2D eigenvalue weighted by atomic mass is 79.9. The van der Waals surface area contributed by atoms with Gasteiger partial charge in [0, 0.05) is 10.9 Å². The van der Waals surface area contributed by atoms with Crippen LogP contribution in [0.2, 0.25) is 0 Å². The molecule has 0 saturated carbocycles. The first-order chi connectivity index (χ1) is 8.60. The fourth-order valence-electron chi connectivity index (χ4n) is 1.48. The van der Waals surface area contributed by atoms with Crippen molar-refractivity contribution in [3.63, 3.8) is 0 Å². The summed E-state index contributed by atoms with van der Waals surface area (Å²) in [5.74, 6) is -0.121. The summed E-state index contributed by atoms with van der Waals surface area (Å²) in [5, 5.41) is 11.3. The number of carboxylic acid groups (broad SMARTS) is 1. The Balaban J connectivity index is 2.28. The van der Waals surface area contributed by atoms with Crippen LogP contribution < -0.4 is 4.74 Å². The number of benzene rings is 1. The molecule has 0 saturated heterocycles. The molecule has 94 valence electrons. The number of hydrogen-bond donors (Lipinski definition) is 1. The van der Waals surface area contributed by atoms with E-state index < -0.39 is 5.97 Å². The average molecular weight is 328 g/mol. The molecule has 1 aromatic carbocycles. The van der Waals surface area contributed by atoms with E-state index in [9.17, 15) is 4.79 Å². The Bertz CT molecular complexity index is 582. The van der Waals surface area contributed by atoms with E-state index in [1.165, 1.54) is 11.3 Å². The van der Waals surface area contributed by atoms with Crippen molar-refractivity contribution in [2.75, 3.05) is 7.11 Å². The van der Waals surface area contributed by atoms with E-state index in [4.69, 9.17) is 9.84 Å². The third-order valence-corrected chi connectivity index (χ3v) is 3.84. The number of carboxylic acids is 1. The van der Waals surface area contributed by atoms with E-state index in [2.05, 4.69) is 20.9 Å². The molecule has 0 aliphatic heterocycles. The van der Waals surface area contributed by atoms with Crippen LogP contribution in [0.1, 0.15) is 5.69 Å². The molecular weight excluding hydrogens is 318 g/mol. The van der Waals surface area contributed by atoms with Gasteiger partial charge in [-0.1, -0.05) is 0 Å². The van der Waals surface area contributed by atoms with E-state index in [0.717, 1.165) is 20.8 Å². The first-order valence-electron chi connectivity index (χ1n) is 5.10. The lowest BCUT2D eigenvalue weighted by Gasteiger charge is -2.04. The molecule has 0 fully saturated rings. The van der Waals surface area contributed by atoms with Gasteiger partial charge in [0.15, 0.2) is 0 Å². The van der Waals surface area contributed by atoms with Crippen LogP contribution in [0, 0.1) is 0 Å². The van der Waals surface area contributed by atoms with Crippen molar-refractivity contribution in [1.82, 2.24) is 4.98 Å². The minimum atomic E-state index is -0.872. The second-order valence-corrected chi connectivity index (χ2v) is 5.28. The summed E-state index contributed by atoms with van der Waals surface area (Å²) in [6.07, 6.45) is -0.0478. The molecule has 2 rings (SSSR count). The van der Waals surface area contributed by atoms with Crippen molar-refractivity contribution in [2.24, 2.45) is 0 Å². The first-order valence-corrected chi connectivity index (χ1v) is 6.77. The van der Waals surface area contributed by atoms with Gasteiger partial charge in [-0.05, 0) is 34.1 Å². The van der Waals surface area contributed by atoms with Crippen molar-refractivity contribution in [1.29, 1.82) is 0 Å². The van der Waals surface area contributed by atoms with E-state index >= 15 is 0 Å². The highest BCUT2D eigenvalue weighted by Gasteiger charge is 2.09. The molecule has 4 nitrogen and oxygen atoms in total. The van der Waals surface area contributed by atoms with Crippen LogP contribution in [0.5, 0.6) is 5.75 Å². The van der Waals surface area contributed by atoms with Crippen LogP contribution in [0.3, 0.4) is 0 Å². The average Bonchev–Trinajstić information content (AvgIpc) is 2.76. The zero-order chi connectivity index (χ0) is 13.1. The van der Waals surface area contributed by atoms with Crippen molar-refractivity contribution in [3.05, 3.63) is 33.7 Å². The lowest BCUT2D eigenvalue weighted by Crippen LogP contribution is -1.99. The maximum atomic E-state index is 10.6. The van der Waals surface area contributed by atoms with Gasteiger partial charge in [-0.15, -0.1) is 11.3 Å². The van der Waals surface area contributed by atoms with Crippen molar-refractivity contribution < 1.29 is 14.6 Å². The number of aliphatic carboxylic acids is 1. The molecule has 0 unspecified atom stereocenters. The van der Waals surface area contributed by atoms with Crippen LogP contribution in [0.15, 0.2) is 28.1 Å². The molecule has 6 heteroatoms. The largest absolute Gasteiger partial charge is 0.496 e. The molecule has 2 aromatic rings. The van der Waals surface area contributed by atoms with Crippen molar-refractivity contribution in [3.8, 4) is 16.3 Å². The topological polar surface area (TPSA) is 59.4 Å². The fourth-order valence-corrected chi connectivity index (χ4v) is 2.83. The second-order valence-electron chi connectivity index (χ2n) is 3.56. The molecule has 1 aromatic heterocycles. The van der Waals surface area contributed by atoms with Crippen molar-refractivity contribution >= 4 is 33.2 Å². The van der Waals surface area contributed by atoms with Crippen LogP contribution >= 0.6 is 27.3 Å². The Morgan fingerprint density at radius 3 is 2.94 bits per heavy atom. The number of aromatic nitrogens is 1. The van der Waals surface area contributed by atoms with Gasteiger partial charge in [-0.3, -0.25) is 4.79 Å². The smallest absolute Gasteiger partial charge is 0.309 e. The predicted molar refractivity (Wildman–Crippen MR) is 73.1 cm³/mol. The summed E-state index contributed by atoms with van der Waals surface area (Å²) < 4.78 is 6.00. The maximum absolute atomic E-state index is 10.6. The number of methoxy groups -OCH3 is 1. The molecule has 1 N–H and O–H groups in total. The van der Waals surface area contributed by atoms with Crippen LogP contribution in [-0.2, 0) is 11.2 Å². The quantitative estimate of drug-likeness (QED) is 0.936. The molecule has 0 aliphatic carbocycles. The Morgan fingerprint density at radius 1 is 1.56 bits per heavy atom. The van der Waals surface area contributed by atoms with Gasteiger partial charge in [0.2, 0.25) is 0 Å². The molecule has 0 aliphatic rings. The SMILES string of the molecule is COc1ccc(-c2nc(CC(=O)O)cs2)cc1Br. The Morgan fingerprint density at radius 2 is 2.33 bits per heavy atom. The summed E-state index contributed by atoms with van der Waals surface area (Å²) in [7, 11) is 1.61. The van der Waals surface area contributed by atoms with Gasteiger partial charge < -0.3 is 9.84 Å². The maximum Gasteiger partial charge on any atom is 0.309 e. The summed E-state index contributed by atoms with van der Waals surface area (Å²) in [4.78, 5) is 14.9. The van der Waals surface area contributed by atoms with Gasteiger partial charge >= 0.3 is 5.97 Å². The highest BCUT2D eigenvalue weighted by Crippen LogP contribution is 2.31. The molecule has 0 radical (unpaired) electrons. The number of halogens is 1. The lowest BCUT2D eigenvalue weighted by atomic mass is 10.2. The van der Waals surface area contributed by atoms with Gasteiger partial charge in [0.1, 0.15) is 10.8 Å².